The number of sulfone groups is 1. The molecule has 0 fully saturated rings. The van der Waals surface area contributed by atoms with Crippen molar-refractivity contribution >= 4 is 21.4 Å². The number of carboxylic acids is 1. The molecule has 1 aliphatic heterocycles. The Morgan fingerprint density at radius 2 is 2.00 bits per heavy atom. The summed E-state index contributed by atoms with van der Waals surface area (Å²) in [6.45, 7) is 1.41. The minimum absolute atomic E-state index is 0.0402. The summed E-state index contributed by atoms with van der Waals surface area (Å²) in [7, 11) is -3.59. The third-order valence-electron chi connectivity index (χ3n) is 2.70. The molecule has 0 spiro atoms. The number of phenols is 1. The fourth-order valence-corrected chi connectivity index (χ4v) is 3.29. The minimum Gasteiger partial charge on any atom is -0.508 e. The van der Waals surface area contributed by atoms with E-state index in [9.17, 15) is 18.3 Å². The lowest BCUT2D eigenvalue weighted by Gasteiger charge is -2.08. The van der Waals surface area contributed by atoms with Gasteiger partial charge in [0.05, 0.1) is 10.8 Å². The van der Waals surface area contributed by atoms with Crippen molar-refractivity contribution < 1.29 is 23.4 Å². The van der Waals surface area contributed by atoms with Gasteiger partial charge in [0.15, 0.2) is 0 Å². The number of aliphatic carboxylic acids is 1. The topological polar surface area (TPSA) is 91.7 Å². The molecule has 2 N–H and O–H groups in total. The number of aromatic hydroxyl groups is 1. The van der Waals surface area contributed by atoms with Gasteiger partial charge in [-0.2, -0.15) is 0 Å². The Kier molecular flexibility index (Phi) is 2.46. The van der Waals surface area contributed by atoms with Crippen LogP contribution in [0.4, 0.5) is 0 Å². The average Bonchev–Trinajstić information content (AvgIpc) is 2.49. The third-order valence-corrected chi connectivity index (χ3v) is 4.23. The van der Waals surface area contributed by atoms with Gasteiger partial charge in [0.2, 0.25) is 9.84 Å². The summed E-state index contributed by atoms with van der Waals surface area (Å²) in [5.41, 5.74) is 0.461. The Hall–Kier alpha value is -1.82. The fourth-order valence-electron chi connectivity index (χ4n) is 1.75. The summed E-state index contributed by atoms with van der Waals surface area (Å²) in [5, 5.41) is 19.2. The predicted octanol–water partition coefficient (Wildman–Crippen LogP) is 1.24. The number of phenolic OH excluding ortho intramolecular Hbond substituents is 1. The van der Waals surface area contributed by atoms with Crippen LogP contribution in [0.5, 0.6) is 5.75 Å². The summed E-state index contributed by atoms with van der Waals surface area (Å²) in [6.07, 6.45) is 0. The first-order chi connectivity index (χ1) is 7.83. The van der Waals surface area contributed by atoms with Gasteiger partial charge in [0.25, 0.3) is 0 Å². The third kappa shape index (κ3) is 1.80. The van der Waals surface area contributed by atoms with Crippen molar-refractivity contribution in [1.29, 1.82) is 0 Å². The minimum atomic E-state index is -3.59. The van der Waals surface area contributed by atoms with Crippen LogP contribution in [0.15, 0.2) is 28.5 Å². The van der Waals surface area contributed by atoms with E-state index in [1.165, 1.54) is 25.1 Å². The van der Waals surface area contributed by atoms with Gasteiger partial charge in [-0.15, -0.1) is 0 Å². The number of carbonyl (C=O) groups is 1. The number of carboxylic acid groups (broad SMARTS) is 1. The highest BCUT2D eigenvalue weighted by Gasteiger charge is 2.32. The average molecular weight is 254 g/mol. The fraction of sp³-hybridized carbons (Fsp3) is 0.182. The molecule has 90 valence electrons. The van der Waals surface area contributed by atoms with Crippen molar-refractivity contribution in [3.8, 4) is 5.75 Å². The van der Waals surface area contributed by atoms with Gasteiger partial charge >= 0.3 is 5.97 Å². The molecule has 0 saturated carbocycles. The Bertz CT molecular complexity index is 627. The highest BCUT2D eigenvalue weighted by molar-refractivity contribution is 7.95. The molecule has 1 atom stereocenters. The van der Waals surface area contributed by atoms with Crippen molar-refractivity contribution in [2.45, 2.75) is 11.8 Å². The molecule has 1 aliphatic rings. The molecule has 0 saturated heterocycles. The summed E-state index contributed by atoms with van der Waals surface area (Å²) in [4.78, 5) is 10.9. The Balaban J connectivity index is 2.67. The van der Waals surface area contributed by atoms with Gasteiger partial charge in [-0.1, -0.05) is 0 Å². The number of benzene rings is 1. The molecule has 0 aromatic heterocycles. The van der Waals surface area contributed by atoms with Crippen LogP contribution >= 0.6 is 0 Å². The monoisotopic (exact) mass is 254 g/mol. The molecule has 1 aromatic carbocycles. The molecular weight excluding hydrogens is 244 g/mol. The molecule has 2 rings (SSSR count). The standard InChI is InChI=1S/C11H10O5S/c1-6(11(13)14)9-5-17(15,16)10-3-2-7(12)4-8(9)10/h2-6,12H,1H3,(H,13,14). The molecule has 0 aliphatic carbocycles. The molecule has 5 nitrogen and oxygen atoms in total. The molecule has 0 amide bonds. The van der Waals surface area contributed by atoms with E-state index in [2.05, 4.69) is 0 Å². The Labute approximate surface area is 97.9 Å². The van der Waals surface area contributed by atoms with E-state index in [1.54, 1.807) is 0 Å². The van der Waals surface area contributed by atoms with E-state index in [0.717, 1.165) is 5.41 Å². The first kappa shape index (κ1) is 11.7. The summed E-state index contributed by atoms with van der Waals surface area (Å²) >= 11 is 0. The number of hydrogen-bond donors (Lipinski definition) is 2. The molecule has 0 bridgehead atoms. The zero-order valence-corrected chi connectivity index (χ0v) is 9.73. The van der Waals surface area contributed by atoms with Gasteiger partial charge < -0.3 is 10.2 Å². The van der Waals surface area contributed by atoms with Crippen LogP contribution < -0.4 is 0 Å². The van der Waals surface area contributed by atoms with E-state index < -0.39 is 21.7 Å². The number of fused-ring (bicyclic) bond motifs is 1. The highest BCUT2D eigenvalue weighted by Crippen LogP contribution is 2.39. The van der Waals surface area contributed by atoms with Crippen LogP contribution in [0.1, 0.15) is 12.5 Å². The number of rotatable bonds is 2. The summed E-state index contributed by atoms with van der Waals surface area (Å²) in [5.74, 6) is -2.14. The maximum Gasteiger partial charge on any atom is 0.310 e. The van der Waals surface area contributed by atoms with Crippen LogP contribution in [0.25, 0.3) is 5.57 Å². The van der Waals surface area contributed by atoms with Crippen molar-refractivity contribution in [3.63, 3.8) is 0 Å². The van der Waals surface area contributed by atoms with Crippen LogP contribution in [-0.2, 0) is 14.6 Å². The van der Waals surface area contributed by atoms with Crippen LogP contribution in [0, 0.1) is 5.92 Å². The Morgan fingerprint density at radius 1 is 1.35 bits per heavy atom. The summed E-state index contributed by atoms with van der Waals surface area (Å²) < 4.78 is 23.5. The van der Waals surface area contributed by atoms with Crippen LogP contribution in [0.2, 0.25) is 0 Å². The van der Waals surface area contributed by atoms with Gasteiger partial charge in [0, 0.05) is 11.0 Å². The van der Waals surface area contributed by atoms with E-state index in [0.29, 0.717) is 0 Å². The van der Waals surface area contributed by atoms with Gasteiger partial charge in [-0.3, -0.25) is 4.79 Å². The van der Waals surface area contributed by atoms with Crippen molar-refractivity contribution in [3.05, 3.63) is 29.2 Å². The van der Waals surface area contributed by atoms with E-state index in [1.807, 2.05) is 0 Å². The summed E-state index contributed by atoms with van der Waals surface area (Å²) in [6, 6.07) is 3.81. The van der Waals surface area contributed by atoms with Crippen LogP contribution in [0.3, 0.4) is 0 Å². The SMILES string of the molecule is CC(C(=O)O)C1=CS(=O)(=O)c2ccc(O)cc21. The Morgan fingerprint density at radius 3 is 2.59 bits per heavy atom. The van der Waals surface area contributed by atoms with Crippen LogP contribution in [-0.4, -0.2) is 24.6 Å². The molecular formula is C11H10O5S. The molecule has 6 heteroatoms. The molecule has 1 heterocycles. The normalized spacial score (nSPS) is 18.3. The predicted molar refractivity (Wildman–Crippen MR) is 60.1 cm³/mol. The van der Waals surface area contributed by atoms with Gasteiger partial charge in [-0.05, 0) is 30.7 Å². The maximum absolute atomic E-state index is 11.8. The second kappa shape index (κ2) is 3.59. The second-order valence-electron chi connectivity index (χ2n) is 3.86. The first-order valence-electron chi connectivity index (χ1n) is 4.86. The first-order valence-corrected chi connectivity index (χ1v) is 6.40. The maximum atomic E-state index is 11.8. The zero-order valence-electron chi connectivity index (χ0n) is 8.91. The molecule has 0 radical (unpaired) electrons. The quantitative estimate of drug-likeness (QED) is 0.828. The van der Waals surface area contributed by atoms with Crippen molar-refractivity contribution in [2.75, 3.05) is 0 Å². The highest BCUT2D eigenvalue weighted by atomic mass is 32.2. The van der Waals surface area contributed by atoms with Gasteiger partial charge in [0.1, 0.15) is 5.75 Å². The lowest BCUT2D eigenvalue weighted by Crippen LogP contribution is -2.10. The van der Waals surface area contributed by atoms with Crippen molar-refractivity contribution in [1.82, 2.24) is 0 Å². The van der Waals surface area contributed by atoms with E-state index in [-0.39, 0.29) is 21.8 Å². The van der Waals surface area contributed by atoms with Gasteiger partial charge in [-0.25, -0.2) is 8.42 Å². The number of hydrogen-bond acceptors (Lipinski definition) is 4. The largest absolute Gasteiger partial charge is 0.508 e. The second-order valence-corrected chi connectivity index (χ2v) is 5.62. The molecule has 1 unspecified atom stereocenters. The van der Waals surface area contributed by atoms with E-state index >= 15 is 0 Å². The van der Waals surface area contributed by atoms with E-state index in [4.69, 9.17) is 5.11 Å². The van der Waals surface area contributed by atoms with Crippen molar-refractivity contribution in [2.24, 2.45) is 5.92 Å². The zero-order chi connectivity index (χ0) is 12.8. The molecule has 17 heavy (non-hydrogen) atoms. The molecule has 1 aromatic rings. The smallest absolute Gasteiger partial charge is 0.310 e. The lowest BCUT2D eigenvalue weighted by atomic mass is 9.95. The lowest BCUT2D eigenvalue weighted by molar-refractivity contribution is -0.139.